The number of carbonyl (C=O) groups is 1. The highest BCUT2D eigenvalue weighted by molar-refractivity contribution is 6.25. The van der Waals surface area contributed by atoms with Crippen LogP contribution in [0.25, 0.3) is 0 Å². The first kappa shape index (κ1) is 11.5. The third-order valence-electron chi connectivity index (χ3n) is 2.15. The van der Waals surface area contributed by atoms with Gasteiger partial charge in [0.05, 0.1) is 6.10 Å². The van der Waals surface area contributed by atoms with E-state index in [1.807, 2.05) is 0 Å². The summed E-state index contributed by atoms with van der Waals surface area (Å²) in [4.78, 5) is 10.8. The van der Waals surface area contributed by atoms with E-state index in [-0.39, 0.29) is 18.2 Å². The molecular weight excluding hydrogens is 204 g/mol. The number of rotatable bonds is 3. The first-order valence-electron chi connectivity index (χ1n) is 4.79. The third-order valence-corrected chi connectivity index (χ3v) is 2.29. The quantitative estimate of drug-likeness (QED) is 0.682. The summed E-state index contributed by atoms with van der Waals surface area (Å²) in [5, 5.41) is 0. The van der Waals surface area contributed by atoms with Crippen LogP contribution in [0, 0.1) is 0 Å². The molecule has 0 aromatic carbocycles. The van der Waals surface area contributed by atoms with Crippen LogP contribution in [0.15, 0.2) is 11.6 Å². The summed E-state index contributed by atoms with van der Waals surface area (Å²) in [5.41, 5.74) is 1.37. The van der Waals surface area contributed by atoms with Gasteiger partial charge in [0.2, 0.25) is 0 Å². The van der Waals surface area contributed by atoms with Gasteiger partial charge in [-0.3, -0.25) is 4.79 Å². The summed E-state index contributed by atoms with van der Waals surface area (Å²) in [6, 6.07) is 0. The van der Waals surface area contributed by atoms with E-state index in [1.165, 1.54) is 12.5 Å². The molecule has 0 saturated carbocycles. The van der Waals surface area contributed by atoms with Crippen LogP contribution in [-0.2, 0) is 14.3 Å². The molecule has 0 aliphatic carbocycles. The van der Waals surface area contributed by atoms with Gasteiger partial charge in [-0.2, -0.15) is 0 Å². The second-order valence-electron chi connectivity index (χ2n) is 3.30. The van der Waals surface area contributed by atoms with Crippen LogP contribution in [0.2, 0.25) is 0 Å². The summed E-state index contributed by atoms with van der Waals surface area (Å²) < 4.78 is 10.6. The predicted octanol–water partition coefficient (Wildman–Crippen LogP) is 2.24. The minimum Gasteiger partial charge on any atom is -0.455 e. The van der Waals surface area contributed by atoms with Crippen LogP contribution in [-0.4, -0.2) is 24.8 Å². The molecule has 3 nitrogen and oxygen atoms in total. The Morgan fingerprint density at radius 3 is 2.93 bits per heavy atom. The second-order valence-corrected chi connectivity index (χ2v) is 3.55. The molecule has 0 radical (unpaired) electrons. The molecule has 2 atom stereocenters. The van der Waals surface area contributed by atoms with Gasteiger partial charge in [-0.05, 0) is 25.3 Å². The average Bonchev–Trinajstić information content (AvgIpc) is 2.18. The minimum absolute atomic E-state index is 0.0392. The molecule has 0 aromatic rings. The maximum atomic E-state index is 10.8. The molecule has 4 heteroatoms. The minimum atomic E-state index is -0.342. The number of hydrogen-bond donors (Lipinski definition) is 0. The largest absolute Gasteiger partial charge is 0.455 e. The molecule has 0 spiro atoms. The first-order valence-corrected chi connectivity index (χ1v) is 5.23. The van der Waals surface area contributed by atoms with Gasteiger partial charge in [-0.1, -0.05) is 11.6 Å². The summed E-state index contributed by atoms with van der Waals surface area (Å²) >= 11 is 5.47. The van der Waals surface area contributed by atoms with E-state index < -0.39 is 0 Å². The van der Waals surface area contributed by atoms with E-state index in [9.17, 15) is 4.79 Å². The highest BCUT2D eigenvalue weighted by Crippen LogP contribution is 2.19. The van der Waals surface area contributed by atoms with Crippen molar-refractivity contribution in [2.24, 2.45) is 0 Å². The van der Waals surface area contributed by atoms with Gasteiger partial charge in [-0.15, -0.1) is 0 Å². The van der Waals surface area contributed by atoms with Gasteiger partial charge in [-0.25, -0.2) is 0 Å². The smallest absolute Gasteiger partial charge is 0.303 e. The van der Waals surface area contributed by atoms with Crippen molar-refractivity contribution in [2.45, 2.75) is 38.4 Å². The zero-order chi connectivity index (χ0) is 10.4. The molecule has 1 aliphatic heterocycles. The zero-order valence-electron chi connectivity index (χ0n) is 8.24. The van der Waals surface area contributed by atoms with Crippen molar-refractivity contribution in [3.8, 4) is 0 Å². The van der Waals surface area contributed by atoms with Gasteiger partial charge < -0.3 is 9.47 Å². The fourth-order valence-corrected chi connectivity index (χ4v) is 1.67. The number of halogens is 1. The van der Waals surface area contributed by atoms with Crippen LogP contribution in [0.1, 0.15) is 26.2 Å². The predicted molar refractivity (Wildman–Crippen MR) is 54.1 cm³/mol. The van der Waals surface area contributed by atoms with Crippen LogP contribution in [0.4, 0.5) is 0 Å². The van der Waals surface area contributed by atoms with Gasteiger partial charge in [0.25, 0.3) is 0 Å². The highest BCUT2D eigenvalue weighted by Gasteiger charge is 2.24. The van der Waals surface area contributed by atoms with E-state index in [4.69, 9.17) is 21.1 Å². The normalized spacial score (nSPS) is 24.9. The van der Waals surface area contributed by atoms with Gasteiger partial charge in [0, 0.05) is 19.1 Å². The zero-order valence-corrected chi connectivity index (χ0v) is 9.00. The molecule has 1 heterocycles. The van der Waals surface area contributed by atoms with Crippen molar-refractivity contribution >= 4 is 17.6 Å². The number of carbonyl (C=O) groups excluding carboxylic acids is 1. The topological polar surface area (TPSA) is 35.5 Å². The molecule has 1 aliphatic rings. The van der Waals surface area contributed by atoms with Crippen molar-refractivity contribution in [3.63, 3.8) is 0 Å². The Hall–Kier alpha value is -0.540. The maximum Gasteiger partial charge on any atom is 0.303 e. The van der Waals surface area contributed by atoms with E-state index in [2.05, 4.69) is 0 Å². The summed E-state index contributed by atoms with van der Waals surface area (Å²) in [5.74, 6) is -0.307. The lowest BCUT2D eigenvalue weighted by molar-refractivity contribution is -0.152. The van der Waals surface area contributed by atoms with Crippen molar-refractivity contribution in [2.75, 3.05) is 6.61 Å². The second kappa shape index (κ2) is 6.04. The lowest BCUT2D eigenvalue weighted by Crippen LogP contribution is -2.34. The maximum absolute atomic E-state index is 10.8. The standard InChI is InChI=1S/C10H15ClO3/c1-8(12)14-10(5-6-11)9-4-2-3-7-13-9/h5-6,9-10H,2-4,7H2,1H3/b6-5-/t9-,10+/m0/s1. The summed E-state index contributed by atoms with van der Waals surface area (Å²) in [6.45, 7) is 2.12. The van der Waals surface area contributed by atoms with Crippen LogP contribution in [0.5, 0.6) is 0 Å². The number of ether oxygens (including phenoxy) is 2. The van der Waals surface area contributed by atoms with Gasteiger partial charge in [0.1, 0.15) is 6.10 Å². The Kier molecular flexibility index (Phi) is 4.98. The van der Waals surface area contributed by atoms with Crippen LogP contribution in [0.3, 0.4) is 0 Å². The fraction of sp³-hybridized carbons (Fsp3) is 0.700. The van der Waals surface area contributed by atoms with Crippen molar-refractivity contribution in [1.82, 2.24) is 0 Å². The van der Waals surface area contributed by atoms with Gasteiger partial charge >= 0.3 is 5.97 Å². The van der Waals surface area contributed by atoms with Crippen molar-refractivity contribution in [1.29, 1.82) is 0 Å². The average molecular weight is 219 g/mol. The van der Waals surface area contributed by atoms with E-state index in [0.717, 1.165) is 25.9 Å². The molecule has 0 aromatic heterocycles. The molecule has 0 bridgehead atoms. The summed E-state index contributed by atoms with van der Waals surface area (Å²) in [7, 11) is 0. The number of esters is 1. The monoisotopic (exact) mass is 218 g/mol. The molecule has 1 saturated heterocycles. The third kappa shape index (κ3) is 3.68. The van der Waals surface area contributed by atoms with E-state index in [1.54, 1.807) is 6.08 Å². The molecule has 0 amide bonds. The van der Waals surface area contributed by atoms with Crippen molar-refractivity contribution < 1.29 is 14.3 Å². The molecular formula is C10H15ClO3. The van der Waals surface area contributed by atoms with E-state index >= 15 is 0 Å². The number of hydrogen-bond acceptors (Lipinski definition) is 3. The molecule has 14 heavy (non-hydrogen) atoms. The van der Waals surface area contributed by atoms with Crippen LogP contribution >= 0.6 is 11.6 Å². The fourth-order valence-electron chi connectivity index (χ4n) is 1.53. The Labute approximate surface area is 89.0 Å². The Bertz CT molecular complexity index is 209. The Morgan fingerprint density at radius 2 is 2.43 bits per heavy atom. The molecule has 1 rings (SSSR count). The first-order chi connectivity index (χ1) is 6.74. The van der Waals surface area contributed by atoms with Crippen molar-refractivity contribution in [3.05, 3.63) is 11.6 Å². The highest BCUT2D eigenvalue weighted by atomic mass is 35.5. The SMILES string of the molecule is CC(=O)O[C@H](/C=C\Cl)[C@@H]1CCCCO1. The Balaban J connectivity index is 2.51. The lowest BCUT2D eigenvalue weighted by Gasteiger charge is -2.27. The van der Waals surface area contributed by atoms with E-state index in [0.29, 0.717) is 0 Å². The molecule has 1 fully saturated rings. The molecule has 80 valence electrons. The summed E-state index contributed by atoms with van der Waals surface area (Å²) in [6.07, 6.45) is 4.37. The molecule has 0 N–H and O–H groups in total. The Morgan fingerprint density at radius 1 is 1.64 bits per heavy atom. The van der Waals surface area contributed by atoms with Crippen LogP contribution < -0.4 is 0 Å². The lowest BCUT2D eigenvalue weighted by atomic mass is 10.0. The molecule has 0 unspecified atom stereocenters. The van der Waals surface area contributed by atoms with Gasteiger partial charge in [0.15, 0.2) is 0 Å².